The second-order valence-corrected chi connectivity index (χ2v) is 2.55. The summed E-state index contributed by atoms with van der Waals surface area (Å²) in [5, 5.41) is 0. The molecule has 0 unspecified atom stereocenters. The molecule has 0 fully saturated rings. The van der Waals surface area contributed by atoms with Gasteiger partial charge in [0.1, 0.15) is 0 Å². The zero-order valence-corrected chi connectivity index (χ0v) is 5.77. The van der Waals surface area contributed by atoms with Crippen LogP contribution in [0.25, 0.3) is 0 Å². The molecule has 0 saturated heterocycles. The van der Waals surface area contributed by atoms with Gasteiger partial charge in [-0.25, -0.2) is 0 Å². The molecule has 0 bridgehead atoms. The predicted octanol–water partition coefficient (Wildman–Crippen LogP) is 2.87. The van der Waals surface area contributed by atoms with E-state index >= 15 is 0 Å². The quantitative estimate of drug-likeness (QED) is 0.493. The Labute approximate surface area is 57.3 Å². The molecule has 0 N–H and O–H groups in total. The Bertz CT molecular complexity index is 120. The fourth-order valence-corrected chi connectivity index (χ4v) is 1.24. The van der Waals surface area contributed by atoms with Crippen molar-refractivity contribution < 1.29 is 0 Å². The zero-order valence-electron chi connectivity index (χ0n) is 5.77. The summed E-state index contributed by atoms with van der Waals surface area (Å²) in [6, 6.07) is 0. The summed E-state index contributed by atoms with van der Waals surface area (Å²) in [5.74, 6) is 0. The van der Waals surface area contributed by atoms with Gasteiger partial charge in [-0.15, -0.1) is 0 Å². The largest absolute Gasteiger partial charge is 0.0850 e. The lowest BCUT2D eigenvalue weighted by Crippen LogP contribution is -1.89. The van der Waals surface area contributed by atoms with Gasteiger partial charge >= 0.3 is 0 Å². The fraction of sp³-hybridized carbons (Fsp3) is 0.556. The van der Waals surface area contributed by atoms with Gasteiger partial charge in [-0.1, -0.05) is 24.3 Å². The van der Waals surface area contributed by atoms with Gasteiger partial charge in [-0.3, -0.25) is 0 Å². The molecule has 1 aliphatic rings. The molecule has 0 aromatic rings. The molecule has 1 rings (SSSR count). The van der Waals surface area contributed by atoms with E-state index in [1.165, 1.54) is 31.3 Å². The highest BCUT2D eigenvalue weighted by atomic mass is 14.1. The van der Waals surface area contributed by atoms with Gasteiger partial charge in [0.05, 0.1) is 0 Å². The predicted molar refractivity (Wildman–Crippen MR) is 40.0 cm³/mol. The topological polar surface area (TPSA) is 0 Å². The summed E-state index contributed by atoms with van der Waals surface area (Å²) >= 11 is 0. The van der Waals surface area contributed by atoms with Crippen LogP contribution in [0.1, 0.15) is 32.1 Å². The maximum absolute atomic E-state index is 5.29. The molecule has 0 aromatic heterocycles. The molecule has 0 saturated carbocycles. The second-order valence-electron chi connectivity index (χ2n) is 2.55. The smallest absolute Gasteiger partial charge is 0.0136 e. The van der Waals surface area contributed by atoms with Crippen LogP contribution in [0.2, 0.25) is 0 Å². The SMILES string of the molecule is [CH]=CCC1=CCCCC1. The van der Waals surface area contributed by atoms with Crippen molar-refractivity contribution in [3.8, 4) is 0 Å². The van der Waals surface area contributed by atoms with Crippen molar-refractivity contribution in [2.45, 2.75) is 32.1 Å². The summed E-state index contributed by atoms with van der Waals surface area (Å²) in [6.07, 6.45) is 10.3. The van der Waals surface area contributed by atoms with Crippen LogP contribution in [0.3, 0.4) is 0 Å². The van der Waals surface area contributed by atoms with Crippen LogP contribution in [-0.2, 0) is 0 Å². The standard InChI is InChI=1S/C9H13/c1-2-6-9-7-4-3-5-8-9/h1-2,7H,3-6,8H2. The highest BCUT2D eigenvalue weighted by Gasteiger charge is 1.99. The Balaban J connectivity index is 2.36. The van der Waals surface area contributed by atoms with E-state index in [1.54, 1.807) is 6.08 Å². The van der Waals surface area contributed by atoms with Gasteiger partial charge in [0, 0.05) is 0 Å². The van der Waals surface area contributed by atoms with Crippen molar-refractivity contribution in [2.75, 3.05) is 0 Å². The van der Waals surface area contributed by atoms with Crippen molar-refractivity contribution in [1.82, 2.24) is 0 Å². The minimum absolute atomic E-state index is 1.00. The van der Waals surface area contributed by atoms with Gasteiger partial charge < -0.3 is 0 Å². The molecule has 49 valence electrons. The zero-order chi connectivity index (χ0) is 6.53. The Morgan fingerprint density at radius 2 is 2.44 bits per heavy atom. The summed E-state index contributed by atoms with van der Waals surface area (Å²) in [4.78, 5) is 0. The van der Waals surface area contributed by atoms with E-state index in [2.05, 4.69) is 6.08 Å². The highest BCUT2D eigenvalue weighted by Crippen LogP contribution is 2.19. The maximum atomic E-state index is 5.29. The van der Waals surface area contributed by atoms with E-state index in [-0.39, 0.29) is 0 Å². The average Bonchev–Trinajstić information content (AvgIpc) is 1.91. The third-order valence-corrected chi connectivity index (χ3v) is 1.77. The van der Waals surface area contributed by atoms with E-state index < -0.39 is 0 Å². The normalized spacial score (nSPS) is 18.9. The van der Waals surface area contributed by atoms with Crippen molar-refractivity contribution in [3.63, 3.8) is 0 Å². The molecule has 0 spiro atoms. The monoisotopic (exact) mass is 121 g/mol. The molecular weight excluding hydrogens is 108 g/mol. The Kier molecular flexibility index (Phi) is 2.56. The molecule has 0 amide bonds. The van der Waals surface area contributed by atoms with Crippen molar-refractivity contribution in [2.24, 2.45) is 0 Å². The van der Waals surface area contributed by atoms with Crippen LogP contribution in [-0.4, -0.2) is 0 Å². The minimum atomic E-state index is 1.00. The van der Waals surface area contributed by atoms with Crippen LogP contribution < -0.4 is 0 Å². The summed E-state index contributed by atoms with van der Waals surface area (Å²) < 4.78 is 0. The van der Waals surface area contributed by atoms with E-state index in [4.69, 9.17) is 6.58 Å². The fourth-order valence-electron chi connectivity index (χ4n) is 1.24. The van der Waals surface area contributed by atoms with Crippen molar-refractivity contribution >= 4 is 0 Å². The van der Waals surface area contributed by atoms with Crippen LogP contribution in [0.4, 0.5) is 0 Å². The van der Waals surface area contributed by atoms with E-state index in [1.807, 2.05) is 0 Å². The first kappa shape index (κ1) is 6.60. The summed E-state index contributed by atoms with van der Waals surface area (Å²) in [7, 11) is 0. The number of rotatable bonds is 2. The van der Waals surface area contributed by atoms with Crippen LogP contribution in [0.5, 0.6) is 0 Å². The lowest BCUT2D eigenvalue weighted by molar-refractivity contribution is 0.691. The summed E-state index contributed by atoms with van der Waals surface area (Å²) in [6.45, 7) is 5.29. The van der Waals surface area contributed by atoms with Gasteiger partial charge in [-0.05, 0) is 32.1 Å². The van der Waals surface area contributed by atoms with Gasteiger partial charge in [0.25, 0.3) is 0 Å². The highest BCUT2D eigenvalue weighted by molar-refractivity contribution is 5.07. The lowest BCUT2D eigenvalue weighted by atomic mass is 9.97. The second kappa shape index (κ2) is 3.49. The molecular formula is C9H13. The van der Waals surface area contributed by atoms with E-state index in [9.17, 15) is 0 Å². The molecule has 1 aliphatic carbocycles. The first-order chi connectivity index (χ1) is 4.43. The molecule has 0 heteroatoms. The van der Waals surface area contributed by atoms with E-state index in [0.717, 1.165) is 6.42 Å². The van der Waals surface area contributed by atoms with E-state index in [0.29, 0.717) is 0 Å². The Hall–Kier alpha value is -0.520. The Morgan fingerprint density at radius 3 is 3.00 bits per heavy atom. The van der Waals surface area contributed by atoms with Crippen LogP contribution in [0.15, 0.2) is 17.7 Å². The first-order valence-corrected chi connectivity index (χ1v) is 3.65. The van der Waals surface area contributed by atoms with Crippen LogP contribution in [0, 0.1) is 6.58 Å². The summed E-state index contributed by atoms with van der Waals surface area (Å²) in [5.41, 5.74) is 1.53. The van der Waals surface area contributed by atoms with Gasteiger partial charge in [0.2, 0.25) is 0 Å². The van der Waals surface area contributed by atoms with Crippen molar-refractivity contribution in [3.05, 3.63) is 24.3 Å². The minimum Gasteiger partial charge on any atom is -0.0850 e. The lowest BCUT2D eigenvalue weighted by Gasteiger charge is -2.09. The molecule has 0 atom stereocenters. The van der Waals surface area contributed by atoms with Crippen molar-refractivity contribution in [1.29, 1.82) is 0 Å². The number of hydrogen-bond acceptors (Lipinski definition) is 0. The number of allylic oxidation sites excluding steroid dienone is 3. The van der Waals surface area contributed by atoms with Gasteiger partial charge in [-0.2, -0.15) is 0 Å². The average molecular weight is 121 g/mol. The maximum Gasteiger partial charge on any atom is -0.0136 e. The third kappa shape index (κ3) is 2.05. The molecule has 0 aliphatic heterocycles. The third-order valence-electron chi connectivity index (χ3n) is 1.77. The van der Waals surface area contributed by atoms with Crippen LogP contribution >= 0.6 is 0 Å². The number of hydrogen-bond donors (Lipinski definition) is 0. The Morgan fingerprint density at radius 1 is 1.56 bits per heavy atom. The van der Waals surface area contributed by atoms with Gasteiger partial charge in [0.15, 0.2) is 0 Å². The molecule has 1 radical (unpaired) electrons. The molecule has 9 heavy (non-hydrogen) atoms. The molecule has 0 nitrogen and oxygen atoms in total. The molecule has 0 heterocycles. The first-order valence-electron chi connectivity index (χ1n) is 3.65. The molecule has 0 aromatic carbocycles.